The van der Waals surface area contributed by atoms with Crippen molar-refractivity contribution in [1.29, 1.82) is 0 Å². The fourth-order valence-corrected chi connectivity index (χ4v) is 3.34. The molecule has 0 aromatic carbocycles. The molecular formula is C19H26N4O2. The summed E-state index contributed by atoms with van der Waals surface area (Å²) >= 11 is 0. The molecule has 0 spiro atoms. The zero-order valence-electron chi connectivity index (χ0n) is 15.2. The highest BCUT2D eigenvalue weighted by Crippen LogP contribution is 2.25. The van der Waals surface area contributed by atoms with Crippen LogP contribution in [0.15, 0.2) is 24.4 Å². The number of pyridine rings is 1. The third-order valence-corrected chi connectivity index (χ3v) is 4.69. The van der Waals surface area contributed by atoms with Crippen molar-refractivity contribution < 1.29 is 9.53 Å². The molecule has 1 aliphatic carbocycles. The van der Waals surface area contributed by atoms with Crippen molar-refractivity contribution in [3.63, 3.8) is 0 Å². The van der Waals surface area contributed by atoms with E-state index in [0.717, 1.165) is 48.5 Å². The summed E-state index contributed by atoms with van der Waals surface area (Å²) in [6.07, 6.45) is 5.74. The molecule has 0 atom stereocenters. The Morgan fingerprint density at radius 3 is 2.68 bits per heavy atom. The average molecular weight is 342 g/mol. The summed E-state index contributed by atoms with van der Waals surface area (Å²) < 4.78 is 7.82. The SMILES string of the molecule is Cc1cc(C)n(CC(=O)NC2CCC(Oc3cccnc3C)CC2)n1. The lowest BCUT2D eigenvalue weighted by atomic mass is 9.93. The van der Waals surface area contributed by atoms with E-state index in [1.165, 1.54) is 0 Å². The van der Waals surface area contributed by atoms with Gasteiger partial charge in [-0.1, -0.05) is 0 Å². The van der Waals surface area contributed by atoms with Gasteiger partial charge in [0.2, 0.25) is 5.91 Å². The normalized spacial score (nSPS) is 20.3. The first-order chi connectivity index (χ1) is 12.0. The Hall–Kier alpha value is -2.37. The number of nitrogens with zero attached hydrogens (tertiary/aromatic N) is 3. The standard InChI is InChI=1S/C19H26N4O2/c1-13-11-14(2)23(22-13)12-19(24)21-16-6-8-17(9-7-16)25-18-5-4-10-20-15(18)3/h4-5,10-11,16-17H,6-9,12H2,1-3H3,(H,21,24). The molecule has 0 unspecified atom stereocenters. The Labute approximate surface area is 148 Å². The van der Waals surface area contributed by atoms with Gasteiger partial charge in [-0.2, -0.15) is 5.10 Å². The number of nitrogens with one attached hydrogen (secondary N) is 1. The molecule has 0 saturated heterocycles. The predicted octanol–water partition coefficient (Wildman–Crippen LogP) is 2.71. The van der Waals surface area contributed by atoms with Gasteiger partial charge in [-0.3, -0.25) is 14.5 Å². The van der Waals surface area contributed by atoms with Crippen molar-refractivity contribution in [2.24, 2.45) is 0 Å². The van der Waals surface area contributed by atoms with Crippen LogP contribution >= 0.6 is 0 Å². The van der Waals surface area contributed by atoms with Crippen LogP contribution in [0.2, 0.25) is 0 Å². The highest BCUT2D eigenvalue weighted by molar-refractivity contribution is 5.76. The number of aromatic nitrogens is 3. The third-order valence-electron chi connectivity index (χ3n) is 4.69. The fraction of sp³-hybridized carbons (Fsp3) is 0.526. The van der Waals surface area contributed by atoms with Gasteiger partial charge in [0.05, 0.1) is 17.5 Å². The molecule has 6 heteroatoms. The molecule has 2 heterocycles. The van der Waals surface area contributed by atoms with Crippen LogP contribution in [0, 0.1) is 20.8 Å². The van der Waals surface area contributed by atoms with E-state index in [2.05, 4.69) is 15.4 Å². The minimum absolute atomic E-state index is 0.0265. The van der Waals surface area contributed by atoms with Crippen LogP contribution in [0.4, 0.5) is 0 Å². The smallest absolute Gasteiger partial charge is 0.241 e. The molecule has 1 fully saturated rings. The van der Waals surface area contributed by atoms with E-state index in [-0.39, 0.29) is 24.6 Å². The quantitative estimate of drug-likeness (QED) is 0.907. The fourth-order valence-electron chi connectivity index (χ4n) is 3.34. The van der Waals surface area contributed by atoms with Gasteiger partial charge >= 0.3 is 0 Å². The molecule has 0 radical (unpaired) electrons. The number of hydrogen-bond donors (Lipinski definition) is 1. The van der Waals surface area contributed by atoms with Gasteiger partial charge in [-0.05, 0) is 64.7 Å². The summed E-state index contributed by atoms with van der Waals surface area (Å²) in [6.45, 7) is 6.15. The molecule has 1 aliphatic rings. The summed E-state index contributed by atoms with van der Waals surface area (Å²) in [5.74, 6) is 0.887. The minimum atomic E-state index is 0.0265. The van der Waals surface area contributed by atoms with Gasteiger partial charge in [-0.15, -0.1) is 0 Å². The number of rotatable bonds is 5. The molecule has 1 N–H and O–H groups in total. The van der Waals surface area contributed by atoms with Gasteiger partial charge in [0.15, 0.2) is 0 Å². The zero-order valence-corrected chi connectivity index (χ0v) is 15.2. The average Bonchev–Trinajstić information content (AvgIpc) is 2.88. The summed E-state index contributed by atoms with van der Waals surface area (Å²) in [6, 6.07) is 6.06. The van der Waals surface area contributed by atoms with Crippen molar-refractivity contribution in [3.05, 3.63) is 41.5 Å². The summed E-state index contributed by atoms with van der Waals surface area (Å²) in [5, 5.41) is 7.47. The maximum absolute atomic E-state index is 12.2. The summed E-state index contributed by atoms with van der Waals surface area (Å²) in [4.78, 5) is 16.5. The molecule has 3 rings (SSSR count). The second kappa shape index (κ2) is 7.68. The van der Waals surface area contributed by atoms with Crippen molar-refractivity contribution in [3.8, 4) is 5.75 Å². The van der Waals surface area contributed by atoms with Crippen LogP contribution < -0.4 is 10.1 Å². The Kier molecular flexibility index (Phi) is 5.36. The van der Waals surface area contributed by atoms with Gasteiger partial charge in [-0.25, -0.2) is 0 Å². The van der Waals surface area contributed by atoms with E-state index in [4.69, 9.17) is 4.74 Å². The van der Waals surface area contributed by atoms with Gasteiger partial charge < -0.3 is 10.1 Å². The Morgan fingerprint density at radius 1 is 1.28 bits per heavy atom. The summed E-state index contributed by atoms with van der Waals surface area (Å²) in [7, 11) is 0. The Bertz CT molecular complexity index is 733. The van der Waals surface area contributed by atoms with Crippen LogP contribution in [-0.4, -0.2) is 32.8 Å². The number of hydrogen-bond acceptors (Lipinski definition) is 4. The lowest BCUT2D eigenvalue weighted by molar-refractivity contribution is -0.122. The number of carbonyl (C=O) groups excluding carboxylic acids is 1. The van der Waals surface area contributed by atoms with Crippen LogP contribution in [0.25, 0.3) is 0 Å². The number of amides is 1. The lowest BCUT2D eigenvalue weighted by Gasteiger charge is -2.29. The molecule has 2 aromatic heterocycles. The predicted molar refractivity (Wildman–Crippen MR) is 95.5 cm³/mol. The minimum Gasteiger partial charge on any atom is -0.489 e. The first-order valence-electron chi connectivity index (χ1n) is 8.90. The number of carbonyl (C=O) groups is 1. The molecular weight excluding hydrogens is 316 g/mol. The number of aryl methyl sites for hydroxylation is 3. The maximum Gasteiger partial charge on any atom is 0.241 e. The van der Waals surface area contributed by atoms with Crippen molar-refractivity contribution in [2.75, 3.05) is 0 Å². The molecule has 2 aromatic rings. The van der Waals surface area contributed by atoms with Crippen LogP contribution in [0.3, 0.4) is 0 Å². The van der Waals surface area contributed by atoms with Gasteiger partial charge in [0, 0.05) is 17.9 Å². The van der Waals surface area contributed by atoms with Crippen molar-refractivity contribution in [1.82, 2.24) is 20.1 Å². The molecule has 1 saturated carbocycles. The van der Waals surface area contributed by atoms with E-state index in [1.54, 1.807) is 10.9 Å². The Morgan fingerprint density at radius 2 is 2.04 bits per heavy atom. The van der Waals surface area contributed by atoms with Crippen LogP contribution in [-0.2, 0) is 11.3 Å². The second-order valence-corrected chi connectivity index (χ2v) is 6.83. The zero-order chi connectivity index (χ0) is 17.8. The third kappa shape index (κ3) is 4.59. The topological polar surface area (TPSA) is 69.0 Å². The van der Waals surface area contributed by atoms with E-state index in [1.807, 2.05) is 39.0 Å². The molecule has 25 heavy (non-hydrogen) atoms. The lowest BCUT2D eigenvalue weighted by Crippen LogP contribution is -2.41. The van der Waals surface area contributed by atoms with Crippen molar-refractivity contribution in [2.45, 2.75) is 65.1 Å². The van der Waals surface area contributed by atoms with Crippen LogP contribution in [0.5, 0.6) is 5.75 Å². The Balaban J connectivity index is 1.45. The highest BCUT2D eigenvalue weighted by Gasteiger charge is 2.24. The number of ether oxygens (including phenoxy) is 1. The van der Waals surface area contributed by atoms with Gasteiger partial charge in [0.1, 0.15) is 12.3 Å². The second-order valence-electron chi connectivity index (χ2n) is 6.83. The highest BCUT2D eigenvalue weighted by atomic mass is 16.5. The summed E-state index contributed by atoms with van der Waals surface area (Å²) in [5.41, 5.74) is 2.87. The van der Waals surface area contributed by atoms with E-state index >= 15 is 0 Å². The van der Waals surface area contributed by atoms with Crippen molar-refractivity contribution >= 4 is 5.91 Å². The van der Waals surface area contributed by atoms with E-state index < -0.39 is 0 Å². The van der Waals surface area contributed by atoms with Gasteiger partial charge in [0.25, 0.3) is 0 Å². The first-order valence-corrected chi connectivity index (χ1v) is 8.90. The molecule has 0 bridgehead atoms. The van der Waals surface area contributed by atoms with E-state index in [9.17, 15) is 4.79 Å². The largest absolute Gasteiger partial charge is 0.489 e. The maximum atomic E-state index is 12.2. The molecule has 1 amide bonds. The molecule has 134 valence electrons. The van der Waals surface area contributed by atoms with Crippen LogP contribution in [0.1, 0.15) is 42.8 Å². The molecule has 6 nitrogen and oxygen atoms in total. The van der Waals surface area contributed by atoms with E-state index in [0.29, 0.717) is 0 Å². The molecule has 0 aliphatic heterocycles. The monoisotopic (exact) mass is 342 g/mol. The first kappa shape index (κ1) is 17.5.